The molecule has 0 aliphatic carbocycles. The number of nitrogens with one attached hydrogen (secondary N) is 1. The number of aliphatic hydroxyl groups is 1. The van der Waals surface area contributed by atoms with Crippen molar-refractivity contribution < 1.29 is 61.5 Å². The van der Waals surface area contributed by atoms with Crippen LogP contribution in [0.5, 0.6) is 0 Å². The van der Waals surface area contributed by atoms with E-state index in [1.54, 1.807) is 38.4 Å². The number of pyridine rings is 1. The molecule has 1 amide bonds. The van der Waals surface area contributed by atoms with Crippen LogP contribution in [0.2, 0.25) is 0 Å². The van der Waals surface area contributed by atoms with Crippen molar-refractivity contribution in [2.75, 3.05) is 25.5 Å². The summed E-state index contributed by atoms with van der Waals surface area (Å²) in [5.74, 6) is -2.52. The summed E-state index contributed by atoms with van der Waals surface area (Å²) in [5.41, 5.74) is 4.56. The van der Waals surface area contributed by atoms with Crippen molar-refractivity contribution in [3.8, 4) is 0 Å². The number of carbonyl (C=O) groups excluding carboxylic acids is 2. The lowest BCUT2D eigenvalue weighted by molar-refractivity contribution is -0.753. The number of likely N-dealkylation sites (N-methyl/N-ethyl adjacent to an activating group) is 1. The Kier molecular flexibility index (Phi) is 17.2. The van der Waals surface area contributed by atoms with E-state index in [1.165, 1.54) is 51.4 Å². The average Bonchev–Trinajstić information content (AvgIpc) is 3.70. The molecule has 0 bridgehead atoms. The summed E-state index contributed by atoms with van der Waals surface area (Å²) in [4.78, 5) is 34.7. The number of nitrogens with two attached hydrogens (primary N) is 1. The predicted octanol–water partition coefficient (Wildman–Crippen LogP) is 0.352. The third kappa shape index (κ3) is 10.2. The van der Waals surface area contributed by atoms with Gasteiger partial charge in [0, 0.05) is 54.2 Å². The second kappa shape index (κ2) is 19.2. The summed E-state index contributed by atoms with van der Waals surface area (Å²) in [6, 6.07) is 6.21. The number of carbonyl (C=O) groups is 2. The lowest BCUT2D eigenvalue weighted by Crippen LogP contribution is -3.00. The van der Waals surface area contributed by atoms with E-state index in [1.807, 2.05) is 0 Å². The number of hydrogen-bond donors (Lipinski definition) is 3. The molecule has 13 nitrogen and oxygen atoms in total. The van der Waals surface area contributed by atoms with Crippen LogP contribution >= 0.6 is 36.2 Å². The van der Waals surface area contributed by atoms with E-state index in [2.05, 4.69) is 20.4 Å². The number of aromatic nitrogens is 5. The van der Waals surface area contributed by atoms with E-state index in [9.17, 15) is 19.1 Å². The van der Waals surface area contributed by atoms with Crippen LogP contribution in [-0.4, -0.2) is 57.6 Å². The summed E-state index contributed by atoms with van der Waals surface area (Å²) in [6.45, 7) is 3.09. The van der Waals surface area contributed by atoms with Crippen LogP contribution < -0.4 is 44.5 Å². The number of esters is 1. The molecule has 0 aliphatic rings. The number of ether oxygens (including phenoxy) is 2. The molecule has 19 heteroatoms. The number of thiazole rings is 1. The highest BCUT2D eigenvalue weighted by Crippen LogP contribution is 2.40. The van der Waals surface area contributed by atoms with Crippen molar-refractivity contribution in [2.24, 2.45) is 5.73 Å². The van der Waals surface area contributed by atoms with Crippen molar-refractivity contribution in [1.82, 2.24) is 25.1 Å². The van der Waals surface area contributed by atoms with Gasteiger partial charge in [0.2, 0.25) is 12.6 Å². The molecule has 0 radical (unpaired) electrons. The Balaban J connectivity index is 0.00000384. The molecule has 1 aromatic carbocycles. The van der Waals surface area contributed by atoms with Crippen molar-refractivity contribution in [2.45, 2.75) is 51.3 Å². The Morgan fingerprint density at radius 3 is 2.65 bits per heavy atom. The summed E-state index contributed by atoms with van der Waals surface area (Å²) in [5, 5.41) is 21.2. The Morgan fingerprint density at radius 2 is 1.98 bits per heavy atom. The predicted molar refractivity (Wildman–Crippen MR) is 173 cm³/mol. The van der Waals surface area contributed by atoms with Crippen molar-refractivity contribution in [1.29, 1.82) is 0 Å². The second-order valence-corrected chi connectivity index (χ2v) is 11.2. The van der Waals surface area contributed by atoms with E-state index in [0.717, 1.165) is 18.2 Å². The van der Waals surface area contributed by atoms with Gasteiger partial charge in [0.1, 0.15) is 36.2 Å². The molecule has 4 N–H and O–H groups in total. The van der Waals surface area contributed by atoms with Crippen LogP contribution in [0.4, 0.5) is 19.4 Å². The summed E-state index contributed by atoms with van der Waals surface area (Å²) in [7, 11) is 3.09. The van der Waals surface area contributed by atoms with Crippen LogP contribution in [0.3, 0.4) is 0 Å². The van der Waals surface area contributed by atoms with Gasteiger partial charge in [0.25, 0.3) is 6.33 Å². The molecule has 0 spiro atoms. The third-order valence-corrected chi connectivity index (χ3v) is 8.20. The molecule has 3 heterocycles. The molecule has 0 saturated carbocycles. The second-order valence-electron chi connectivity index (χ2n) is 10.3. The standard InChI is InChI=1S/C29H35F2N8O5S.2ClH.HI/c1-18(27-36-22(11-32)14-45-27)29(42,23-10-21(30)7-8-24(23)31)15-39-17-38(16-35-39)19(2)44-28(41)37(4)26-20(6-5-9-34-26)13-43-25(40)12-33-3;;;/h5-10,14,16-19,33,42H,11-13,15,32H2,1-4H3;3*1H/q+1;;;/p-1/t18-,19?,29+;;;/m0.../s1. The molecule has 1 unspecified atom stereocenters. The largest absolute Gasteiger partial charge is 1.00 e. The number of hydrogen-bond acceptors (Lipinski definition) is 11. The molecular formula is C29H37Cl2F2IN8O5S. The van der Waals surface area contributed by atoms with Crippen molar-refractivity contribution >= 4 is 54.0 Å². The minimum Gasteiger partial charge on any atom is -1.00 e. The van der Waals surface area contributed by atoms with E-state index >= 15 is 4.39 Å². The molecular weight excluding hydrogens is 808 g/mol. The number of amides is 1. The molecule has 264 valence electrons. The van der Waals surface area contributed by atoms with Gasteiger partial charge in [-0.2, -0.15) is 4.57 Å². The van der Waals surface area contributed by atoms with Crippen LogP contribution in [0.15, 0.2) is 54.6 Å². The lowest BCUT2D eigenvalue weighted by Gasteiger charge is -2.32. The zero-order valence-corrected chi connectivity index (χ0v) is 31.0. The Morgan fingerprint density at radius 1 is 1.25 bits per heavy atom. The SMILES string of the molecule is CNCC(=O)OCc1cccnc1N(C)C(=O)OC(C)[n+]1cnn(C[C@](O)(c2cc(F)ccc2F)[C@@H](C)c2nc(CN)cs2)c1.Cl.Cl.[I-]. The van der Waals surface area contributed by atoms with Gasteiger partial charge in [0.15, 0.2) is 0 Å². The summed E-state index contributed by atoms with van der Waals surface area (Å²) < 4.78 is 43.0. The Labute approximate surface area is 309 Å². The first-order valence-corrected chi connectivity index (χ1v) is 14.8. The summed E-state index contributed by atoms with van der Waals surface area (Å²) in [6.07, 6.45) is 2.70. The van der Waals surface area contributed by atoms with Crippen molar-refractivity contribution in [3.05, 3.63) is 88.0 Å². The zero-order valence-electron chi connectivity index (χ0n) is 26.4. The van der Waals surface area contributed by atoms with E-state index in [-0.39, 0.29) is 86.4 Å². The van der Waals surface area contributed by atoms with Gasteiger partial charge in [-0.25, -0.2) is 23.5 Å². The molecule has 0 saturated heterocycles. The van der Waals surface area contributed by atoms with Crippen LogP contribution in [-0.2, 0) is 39.6 Å². The minimum atomic E-state index is -1.98. The monoisotopic (exact) mass is 844 g/mol. The molecule has 0 fully saturated rings. The Hall–Kier alpha value is -3.07. The van der Waals surface area contributed by atoms with Gasteiger partial charge in [-0.05, 0) is 31.3 Å². The fourth-order valence-electron chi connectivity index (χ4n) is 4.53. The maximum atomic E-state index is 15.1. The van der Waals surface area contributed by atoms with Crippen LogP contribution in [0, 0.1) is 11.6 Å². The smallest absolute Gasteiger partial charge is 0.418 e. The number of benzene rings is 1. The average molecular weight is 846 g/mol. The third-order valence-electron chi connectivity index (χ3n) is 7.12. The highest BCUT2D eigenvalue weighted by molar-refractivity contribution is 7.09. The maximum absolute atomic E-state index is 15.1. The number of halogens is 5. The topological polar surface area (TPSA) is 162 Å². The van der Waals surface area contributed by atoms with Gasteiger partial charge < -0.3 is 49.6 Å². The molecule has 4 rings (SSSR count). The molecule has 48 heavy (non-hydrogen) atoms. The number of rotatable bonds is 13. The highest BCUT2D eigenvalue weighted by atomic mass is 127. The first-order chi connectivity index (χ1) is 21.5. The van der Waals surface area contributed by atoms with Gasteiger partial charge in [-0.3, -0.25) is 9.69 Å². The number of nitrogens with zero attached hydrogens (tertiary/aromatic N) is 6. The minimum absolute atomic E-state index is 0. The highest BCUT2D eigenvalue weighted by Gasteiger charge is 2.43. The van der Waals surface area contributed by atoms with Gasteiger partial charge in [0.05, 0.1) is 17.2 Å². The summed E-state index contributed by atoms with van der Waals surface area (Å²) >= 11 is 1.25. The molecule has 3 aromatic heterocycles. The quantitative estimate of drug-likeness (QED) is 0.0974. The number of anilines is 1. The normalized spacial score (nSPS) is 13.1. The van der Waals surface area contributed by atoms with Crippen molar-refractivity contribution in [3.63, 3.8) is 0 Å². The zero-order chi connectivity index (χ0) is 32.7. The molecule has 0 aliphatic heterocycles. The molecule has 3 atom stereocenters. The lowest BCUT2D eigenvalue weighted by atomic mass is 9.82. The van der Waals surface area contributed by atoms with Crippen LogP contribution in [0.25, 0.3) is 0 Å². The first kappa shape index (κ1) is 43.0. The van der Waals surface area contributed by atoms with E-state index in [0.29, 0.717) is 16.3 Å². The van der Waals surface area contributed by atoms with Crippen LogP contribution in [0.1, 0.15) is 47.8 Å². The maximum Gasteiger partial charge on any atom is 0.418 e. The van der Waals surface area contributed by atoms with Gasteiger partial charge in [-0.15, -0.1) is 40.8 Å². The van der Waals surface area contributed by atoms with E-state index < -0.39 is 41.4 Å². The Bertz CT molecular complexity index is 1650. The fourth-order valence-corrected chi connectivity index (χ4v) is 5.51. The molecule has 4 aromatic rings. The van der Waals surface area contributed by atoms with Gasteiger partial charge in [-0.1, -0.05) is 13.0 Å². The van der Waals surface area contributed by atoms with Gasteiger partial charge >= 0.3 is 12.1 Å². The van der Waals surface area contributed by atoms with E-state index in [4.69, 9.17) is 15.2 Å². The fraction of sp³-hybridized carbons (Fsp3) is 0.379. The first-order valence-electron chi connectivity index (χ1n) is 13.9.